The van der Waals surface area contributed by atoms with Gasteiger partial charge in [0.15, 0.2) is 9.84 Å². The third kappa shape index (κ3) is 9.01. The Morgan fingerprint density at radius 1 is 1.23 bits per heavy atom. The predicted octanol–water partition coefficient (Wildman–Crippen LogP) is 2.53. The topological polar surface area (TPSA) is 125 Å². The molecule has 3 aliphatic rings. The van der Waals surface area contributed by atoms with Crippen LogP contribution in [0.25, 0.3) is 0 Å². The third-order valence-electron chi connectivity index (χ3n) is 7.34. The Kier molecular flexibility index (Phi) is 10.2. The number of piperidine rings is 1. The fraction of sp³-hybridized carbons (Fsp3) is 0.704. The second-order valence-corrected chi connectivity index (χ2v) is 16.4. The molecule has 1 unspecified atom stereocenters. The van der Waals surface area contributed by atoms with Crippen molar-refractivity contribution in [3.05, 3.63) is 30.3 Å². The van der Waals surface area contributed by atoms with E-state index in [2.05, 4.69) is 15.5 Å². The molecule has 1 aromatic carbocycles. The molecule has 3 heterocycles. The molecule has 39 heavy (non-hydrogen) atoms. The second-order valence-electron chi connectivity index (χ2n) is 11.8. The minimum absolute atomic E-state index is 0.00822. The fourth-order valence-electron chi connectivity index (χ4n) is 5.40. The van der Waals surface area contributed by atoms with Crippen LogP contribution in [0.2, 0.25) is 0 Å². The normalized spacial score (nSPS) is 28.3. The highest BCUT2D eigenvalue weighted by atomic mass is 32.2. The number of carbonyl (C=O) groups is 2. The van der Waals surface area contributed by atoms with E-state index in [0.717, 1.165) is 30.0 Å². The maximum atomic E-state index is 13.3. The molecular formula is C27H41N3O6S3. The largest absolute Gasteiger partial charge is 0.445 e. The molecule has 218 valence electrons. The van der Waals surface area contributed by atoms with E-state index < -0.39 is 34.2 Å². The molecule has 4 rings (SSSR count). The predicted molar refractivity (Wildman–Crippen MR) is 156 cm³/mol. The maximum Gasteiger partial charge on any atom is 0.407 e. The van der Waals surface area contributed by atoms with Crippen molar-refractivity contribution < 1.29 is 27.9 Å². The summed E-state index contributed by atoms with van der Waals surface area (Å²) in [5.41, 5.74) is -0.366. The van der Waals surface area contributed by atoms with Gasteiger partial charge in [-0.1, -0.05) is 18.2 Å². The summed E-state index contributed by atoms with van der Waals surface area (Å²) in [6, 6.07) is 8.69. The summed E-state index contributed by atoms with van der Waals surface area (Å²) in [4.78, 5) is 29.2. The van der Waals surface area contributed by atoms with Crippen molar-refractivity contribution in [3.63, 3.8) is 0 Å². The standard InChI is InChI=1S/C27H41N3O6S3/c1-27(2,3)29-25(32)22-13-24-18(9-11-37-24)14-30(22)15-23(31)21(16-38-20-7-5-4-6-8-20)28-26(33)36-19-10-12-39(34,35)17-19/h4-8,18-19,21-24,31H,9-17H2,1-3H3,(H,28,33)(H,29,32)/t18-,19?,21+,22+,23-,24+/m1/s1. The maximum absolute atomic E-state index is 13.3. The molecule has 3 aliphatic heterocycles. The van der Waals surface area contributed by atoms with Gasteiger partial charge in [-0.05, 0) is 63.8 Å². The molecule has 0 bridgehead atoms. The summed E-state index contributed by atoms with van der Waals surface area (Å²) in [6.45, 7) is 6.83. The second kappa shape index (κ2) is 13.0. The summed E-state index contributed by atoms with van der Waals surface area (Å²) in [5.74, 6) is 1.74. The molecule has 0 radical (unpaired) electrons. The summed E-state index contributed by atoms with van der Waals surface area (Å²) < 4.78 is 29.0. The Morgan fingerprint density at radius 2 is 1.97 bits per heavy atom. The van der Waals surface area contributed by atoms with E-state index in [-0.39, 0.29) is 42.0 Å². The average Bonchev–Trinajstić information content (AvgIpc) is 3.45. The van der Waals surface area contributed by atoms with Crippen LogP contribution in [-0.2, 0) is 19.4 Å². The van der Waals surface area contributed by atoms with Crippen LogP contribution in [0.15, 0.2) is 35.2 Å². The number of ether oxygens (including phenoxy) is 1. The van der Waals surface area contributed by atoms with E-state index in [1.165, 1.54) is 11.8 Å². The molecule has 6 atom stereocenters. The highest BCUT2D eigenvalue weighted by Crippen LogP contribution is 2.40. The minimum Gasteiger partial charge on any atom is -0.445 e. The molecule has 0 aromatic heterocycles. The lowest BCUT2D eigenvalue weighted by Gasteiger charge is -2.43. The number of aliphatic hydroxyl groups is 1. The van der Waals surface area contributed by atoms with Crippen molar-refractivity contribution in [3.8, 4) is 0 Å². The molecule has 0 saturated carbocycles. The van der Waals surface area contributed by atoms with E-state index in [0.29, 0.717) is 16.9 Å². The van der Waals surface area contributed by atoms with Gasteiger partial charge in [0.1, 0.15) is 6.10 Å². The number of sulfone groups is 1. The van der Waals surface area contributed by atoms with Crippen molar-refractivity contribution in [1.29, 1.82) is 0 Å². The van der Waals surface area contributed by atoms with Crippen molar-refractivity contribution in [2.24, 2.45) is 5.92 Å². The number of hydrogen-bond donors (Lipinski definition) is 3. The van der Waals surface area contributed by atoms with Gasteiger partial charge in [-0.3, -0.25) is 9.69 Å². The lowest BCUT2D eigenvalue weighted by Crippen LogP contribution is -2.60. The lowest BCUT2D eigenvalue weighted by atomic mass is 9.89. The number of thioether (sulfide) groups is 2. The molecule has 0 spiro atoms. The van der Waals surface area contributed by atoms with E-state index in [1.807, 2.05) is 62.9 Å². The number of β-amino-alcohol motifs (C(OH)–C–C–N with tert-alkyl or cyclic N) is 1. The number of rotatable bonds is 9. The zero-order valence-corrected chi connectivity index (χ0v) is 25.3. The number of aliphatic hydroxyl groups excluding tert-OH is 1. The number of likely N-dealkylation sites (tertiary alicyclic amines) is 1. The molecule has 1 aromatic rings. The number of nitrogens with one attached hydrogen (secondary N) is 2. The average molecular weight is 600 g/mol. The summed E-state index contributed by atoms with van der Waals surface area (Å²) in [5, 5.41) is 17.8. The van der Waals surface area contributed by atoms with Crippen LogP contribution in [0.1, 0.15) is 40.0 Å². The number of benzene rings is 1. The first-order chi connectivity index (χ1) is 18.4. The Balaban J connectivity index is 1.45. The van der Waals surface area contributed by atoms with Crippen LogP contribution in [0.5, 0.6) is 0 Å². The molecule has 3 saturated heterocycles. The Labute approximate surface area is 240 Å². The van der Waals surface area contributed by atoms with Gasteiger partial charge in [0.25, 0.3) is 0 Å². The summed E-state index contributed by atoms with van der Waals surface area (Å²) >= 11 is 3.44. The van der Waals surface area contributed by atoms with E-state index >= 15 is 0 Å². The van der Waals surface area contributed by atoms with Crippen molar-refractivity contribution in [2.75, 3.05) is 36.1 Å². The third-order valence-corrected chi connectivity index (χ3v) is 11.7. The Hall–Kier alpha value is -1.47. The zero-order valence-electron chi connectivity index (χ0n) is 22.9. The van der Waals surface area contributed by atoms with Crippen molar-refractivity contribution in [1.82, 2.24) is 15.5 Å². The highest BCUT2D eigenvalue weighted by molar-refractivity contribution is 8.00. The van der Waals surface area contributed by atoms with Crippen molar-refractivity contribution in [2.45, 2.75) is 80.0 Å². The van der Waals surface area contributed by atoms with Crippen LogP contribution >= 0.6 is 23.5 Å². The van der Waals surface area contributed by atoms with Crippen LogP contribution < -0.4 is 10.6 Å². The van der Waals surface area contributed by atoms with Gasteiger partial charge in [-0.25, -0.2) is 13.2 Å². The number of alkyl carbamates (subject to hydrolysis) is 1. The van der Waals surface area contributed by atoms with Gasteiger partial charge in [0.05, 0.1) is 29.7 Å². The molecule has 2 amide bonds. The molecule has 0 aliphatic carbocycles. The fourth-order valence-corrected chi connectivity index (χ4v) is 9.57. The van der Waals surface area contributed by atoms with Gasteiger partial charge in [0, 0.05) is 34.5 Å². The Bertz CT molecular complexity index is 1100. The van der Waals surface area contributed by atoms with Gasteiger partial charge < -0.3 is 20.5 Å². The molecule has 12 heteroatoms. The SMILES string of the molecule is CC(C)(C)NC(=O)[C@@H]1C[C@@H]2SCC[C@@H]2CN1C[C@@H](O)[C@H](CSc1ccccc1)NC(=O)OC1CCS(=O)(=O)C1. The molecular weight excluding hydrogens is 559 g/mol. The van der Waals surface area contributed by atoms with Gasteiger partial charge in [-0.2, -0.15) is 11.8 Å². The van der Waals surface area contributed by atoms with E-state index in [1.54, 1.807) is 0 Å². The first-order valence-electron chi connectivity index (χ1n) is 13.6. The van der Waals surface area contributed by atoms with Crippen LogP contribution in [0, 0.1) is 5.92 Å². The number of fused-ring (bicyclic) bond motifs is 1. The van der Waals surface area contributed by atoms with Crippen molar-refractivity contribution >= 4 is 45.4 Å². The highest BCUT2D eigenvalue weighted by Gasteiger charge is 2.43. The van der Waals surface area contributed by atoms with Crippen LogP contribution in [0.4, 0.5) is 4.79 Å². The number of nitrogens with zero attached hydrogens (tertiary/aromatic N) is 1. The van der Waals surface area contributed by atoms with Crippen LogP contribution in [-0.4, -0.2) is 102 Å². The number of hydrogen-bond acceptors (Lipinski definition) is 9. The first kappa shape index (κ1) is 30.5. The number of carbonyl (C=O) groups excluding carboxylic acids is 2. The molecule has 3 fully saturated rings. The van der Waals surface area contributed by atoms with Crippen LogP contribution in [0.3, 0.4) is 0 Å². The molecule has 9 nitrogen and oxygen atoms in total. The first-order valence-corrected chi connectivity index (χ1v) is 17.5. The van der Waals surface area contributed by atoms with E-state index in [4.69, 9.17) is 4.74 Å². The lowest BCUT2D eigenvalue weighted by molar-refractivity contribution is -0.130. The summed E-state index contributed by atoms with van der Waals surface area (Å²) in [6.07, 6.45) is -0.268. The summed E-state index contributed by atoms with van der Waals surface area (Å²) in [7, 11) is -3.19. The smallest absolute Gasteiger partial charge is 0.407 e. The number of amides is 2. The van der Waals surface area contributed by atoms with Gasteiger partial charge in [-0.15, -0.1) is 11.8 Å². The van der Waals surface area contributed by atoms with Gasteiger partial charge in [0.2, 0.25) is 5.91 Å². The Morgan fingerprint density at radius 3 is 2.64 bits per heavy atom. The van der Waals surface area contributed by atoms with Gasteiger partial charge >= 0.3 is 6.09 Å². The zero-order chi connectivity index (χ0) is 28.2. The van der Waals surface area contributed by atoms with E-state index in [9.17, 15) is 23.1 Å². The monoisotopic (exact) mass is 599 g/mol. The molecule has 3 N–H and O–H groups in total. The quantitative estimate of drug-likeness (QED) is 0.367. The minimum atomic E-state index is -3.19.